The predicted molar refractivity (Wildman–Crippen MR) is 107 cm³/mol. The maximum atomic E-state index is 13.4. The largest absolute Gasteiger partial charge is 0.325 e. The summed E-state index contributed by atoms with van der Waals surface area (Å²) >= 11 is 1.34. The highest BCUT2D eigenvalue weighted by Crippen LogP contribution is 2.37. The first-order valence-electron chi connectivity index (χ1n) is 8.92. The number of carbonyl (C=O) groups is 1. The zero-order valence-corrected chi connectivity index (χ0v) is 16.5. The fraction of sp³-hybridized carbons (Fsp3) is 0.250. The van der Waals surface area contributed by atoms with Crippen molar-refractivity contribution >= 4 is 23.4 Å². The maximum absolute atomic E-state index is 13.4. The van der Waals surface area contributed by atoms with Crippen molar-refractivity contribution in [3.63, 3.8) is 0 Å². The number of carbonyl (C=O) groups excluding carboxylic acids is 1. The summed E-state index contributed by atoms with van der Waals surface area (Å²) in [7, 11) is 0. The summed E-state index contributed by atoms with van der Waals surface area (Å²) in [5.74, 6) is 0.236. The van der Waals surface area contributed by atoms with E-state index in [2.05, 4.69) is 20.9 Å². The van der Waals surface area contributed by atoms with Gasteiger partial charge in [-0.25, -0.2) is 9.07 Å². The van der Waals surface area contributed by atoms with E-state index in [0.29, 0.717) is 11.0 Å². The van der Waals surface area contributed by atoms with Gasteiger partial charge in [0.05, 0.1) is 6.04 Å². The number of amides is 1. The summed E-state index contributed by atoms with van der Waals surface area (Å²) in [6.45, 7) is 5.82. The Morgan fingerprint density at radius 3 is 2.64 bits per heavy atom. The Hall–Kier alpha value is -2.87. The van der Waals surface area contributed by atoms with Crippen LogP contribution in [-0.2, 0) is 4.79 Å². The highest BCUT2D eigenvalue weighted by Gasteiger charge is 2.37. The van der Waals surface area contributed by atoms with E-state index in [4.69, 9.17) is 0 Å². The summed E-state index contributed by atoms with van der Waals surface area (Å²) in [4.78, 5) is 13.2. The molecule has 6 nitrogen and oxygen atoms in total. The van der Waals surface area contributed by atoms with Crippen LogP contribution in [0.15, 0.2) is 47.6 Å². The van der Waals surface area contributed by atoms with Crippen molar-refractivity contribution in [1.82, 2.24) is 14.9 Å². The van der Waals surface area contributed by atoms with E-state index in [-0.39, 0.29) is 17.8 Å². The van der Waals surface area contributed by atoms with E-state index in [1.54, 1.807) is 16.8 Å². The minimum atomic E-state index is -0.499. The van der Waals surface area contributed by atoms with Gasteiger partial charge in [-0.1, -0.05) is 36.0 Å². The maximum Gasteiger partial charge on any atom is 0.240 e. The fourth-order valence-corrected chi connectivity index (χ4v) is 4.30. The van der Waals surface area contributed by atoms with Crippen molar-refractivity contribution in [3.05, 3.63) is 70.8 Å². The second-order valence-electron chi connectivity index (χ2n) is 6.80. The molecule has 0 unspecified atom stereocenters. The van der Waals surface area contributed by atoms with Gasteiger partial charge in [-0.15, -0.1) is 10.2 Å². The third-order valence-electron chi connectivity index (χ3n) is 4.95. The van der Waals surface area contributed by atoms with E-state index in [1.807, 2.05) is 39.0 Å². The SMILES string of the molecule is Cc1cccc(NC(=O)[C@@H]2Sc3nnc(C)n3N[C@@H]2c2ccc(F)cc2)c1C. The van der Waals surface area contributed by atoms with Crippen LogP contribution in [0.4, 0.5) is 10.1 Å². The minimum absolute atomic E-state index is 0.146. The van der Waals surface area contributed by atoms with Gasteiger partial charge in [0.25, 0.3) is 0 Å². The molecule has 2 N–H and O–H groups in total. The average molecular weight is 397 g/mol. The van der Waals surface area contributed by atoms with Crippen LogP contribution in [0.1, 0.15) is 28.6 Å². The van der Waals surface area contributed by atoms with Gasteiger partial charge in [0.2, 0.25) is 11.1 Å². The van der Waals surface area contributed by atoms with Gasteiger partial charge in [-0.3, -0.25) is 4.79 Å². The molecule has 3 aromatic rings. The number of benzene rings is 2. The Morgan fingerprint density at radius 2 is 1.89 bits per heavy atom. The number of hydrogen-bond donors (Lipinski definition) is 2. The number of hydrogen-bond acceptors (Lipinski definition) is 5. The zero-order chi connectivity index (χ0) is 19.8. The molecule has 1 aromatic heterocycles. The molecule has 28 heavy (non-hydrogen) atoms. The molecular formula is C20H20FN5OS. The number of aryl methyl sites for hydroxylation is 2. The second kappa shape index (κ2) is 7.27. The quantitative estimate of drug-likeness (QED) is 0.704. The topological polar surface area (TPSA) is 71.8 Å². The summed E-state index contributed by atoms with van der Waals surface area (Å²) in [5.41, 5.74) is 7.05. The van der Waals surface area contributed by atoms with E-state index >= 15 is 0 Å². The fourth-order valence-electron chi connectivity index (χ4n) is 3.17. The van der Waals surface area contributed by atoms with Gasteiger partial charge in [-0.05, 0) is 55.7 Å². The Morgan fingerprint density at radius 1 is 1.14 bits per heavy atom. The lowest BCUT2D eigenvalue weighted by Crippen LogP contribution is -2.41. The number of rotatable bonds is 3. The van der Waals surface area contributed by atoms with E-state index < -0.39 is 5.25 Å². The molecule has 144 valence electrons. The van der Waals surface area contributed by atoms with Crippen LogP contribution >= 0.6 is 11.8 Å². The predicted octanol–water partition coefficient (Wildman–Crippen LogP) is 3.74. The highest BCUT2D eigenvalue weighted by molar-refractivity contribution is 8.00. The van der Waals surface area contributed by atoms with Crippen LogP contribution in [0.25, 0.3) is 0 Å². The van der Waals surface area contributed by atoms with Crippen LogP contribution in [0, 0.1) is 26.6 Å². The van der Waals surface area contributed by atoms with Crippen molar-refractivity contribution in [2.75, 3.05) is 10.7 Å². The lowest BCUT2D eigenvalue weighted by atomic mass is 10.0. The molecule has 2 heterocycles. The summed E-state index contributed by atoms with van der Waals surface area (Å²) in [6.07, 6.45) is 0. The van der Waals surface area contributed by atoms with Crippen molar-refractivity contribution in [1.29, 1.82) is 0 Å². The summed E-state index contributed by atoms with van der Waals surface area (Å²) in [5, 5.41) is 11.4. The molecule has 0 radical (unpaired) electrons. The Balaban J connectivity index is 1.68. The number of fused-ring (bicyclic) bond motifs is 1. The molecule has 0 fully saturated rings. The Bertz CT molecular complexity index is 1030. The first kappa shape index (κ1) is 18.5. The average Bonchev–Trinajstić information content (AvgIpc) is 3.05. The van der Waals surface area contributed by atoms with Gasteiger partial charge in [0.15, 0.2) is 0 Å². The molecule has 1 aliphatic heterocycles. The zero-order valence-electron chi connectivity index (χ0n) is 15.7. The molecule has 1 aliphatic rings. The van der Waals surface area contributed by atoms with Crippen molar-refractivity contribution in [3.8, 4) is 0 Å². The smallest absolute Gasteiger partial charge is 0.240 e. The van der Waals surface area contributed by atoms with E-state index in [0.717, 1.165) is 22.4 Å². The number of anilines is 1. The lowest BCUT2D eigenvalue weighted by Gasteiger charge is -2.32. The normalized spacial score (nSPS) is 18.3. The lowest BCUT2D eigenvalue weighted by molar-refractivity contribution is -0.116. The summed E-state index contributed by atoms with van der Waals surface area (Å²) < 4.78 is 15.2. The van der Waals surface area contributed by atoms with Crippen molar-refractivity contribution in [2.45, 2.75) is 37.2 Å². The first-order valence-corrected chi connectivity index (χ1v) is 9.80. The van der Waals surface area contributed by atoms with Crippen LogP contribution in [0.5, 0.6) is 0 Å². The summed E-state index contributed by atoms with van der Waals surface area (Å²) in [6, 6.07) is 11.6. The van der Waals surface area contributed by atoms with Gasteiger partial charge < -0.3 is 10.7 Å². The van der Waals surface area contributed by atoms with Crippen LogP contribution in [0.3, 0.4) is 0 Å². The Labute approximate surface area is 166 Å². The molecule has 4 rings (SSSR count). The second-order valence-corrected chi connectivity index (χ2v) is 7.91. The molecule has 0 aliphatic carbocycles. The molecule has 1 amide bonds. The standard InChI is InChI=1S/C20H20FN5OS/c1-11-5-4-6-16(12(11)2)22-19(27)18-17(14-7-9-15(21)10-8-14)25-26-13(3)23-24-20(26)28-18/h4-10,17-18,25H,1-3H3,(H,22,27)/t17-,18-/m1/s1. The van der Waals surface area contributed by atoms with Gasteiger partial charge in [-0.2, -0.15) is 0 Å². The van der Waals surface area contributed by atoms with E-state index in [9.17, 15) is 9.18 Å². The Kier molecular flexibility index (Phi) is 4.80. The van der Waals surface area contributed by atoms with Gasteiger partial charge in [0, 0.05) is 5.69 Å². The number of nitrogens with one attached hydrogen (secondary N) is 2. The molecule has 2 aromatic carbocycles. The van der Waals surface area contributed by atoms with Gasteiger partial charge in [0.1, 0.15) is 16.9 Å². The van der Waals surface area contributed by atoms with Crippen LogP contribution in [-0.4, -0.2) is 26.0 Å². The molecule has 2 atom stereocenters. The number of thioether (sulfide) groups is 1. The molecule has 0 saturated carbocycles. The van der Waals surface area contributed by atoms with Crippen LogP contribution < -0.4 is 10.7 Å². The molecular weight excluding hydrogens is 377 g/mol. The first-order chi connectivity index (χ1) is 13.4. The number of halogens is 1. The molecule has 8 heteroatoms. The monoisotopic (exact) mass is 397 g/mol. The van der Waals surface area contributed by atoms with Crippen molar-refractivity contribution in [2.24, 2.45) is 0 Å². The molecule has 0 spiro atoms. The van der Waals surface area contributed by atoms with Crippen LogP contribution in [0.2, 0.25) is 0 Å². The minimum Gasteiger partial charge on any atom is -0.325 e. The van der Waals surface area contributed by atoms with E-state index in [1.165, 1.54) is 23.9 Å². The van der Waals surface area contributed by atoms with Crippen molar-refractivity contribution < 1.29 is 9.18 Å². The molecule has 0 saturated heterocycles. The highest BCUT2D eigenvalue weighted by atomic mass is 32.2. The number of aromatic nitrogens is 3. The van der Waals surface area contributed by atoms with Gasteiger partial charge >= 0.3 is 0 Å². The number of nitrogens with zero attached hydrogens (tertiary/aromatic N) is 3. The third kappa shape index (κ3) is 3.35. The third-order valence-corrected chi connectivity index (χ3v) is 6.16. The molecule has 0 bridgehead atoms.